The lowest BCUT2D eigenvalue weighted by Gasteiger charge is -2.38. The Hall–Kier alpha value is -4.05. The van der Waals surface area contributed by atoms with Crippen molar-refractivity contribution in [1.29, 1.82) is 0 Å². The van der Waals surface area contributed by atoms with E-state index < -0.39 is 0 Å². The minimum atomic E-state index is 0.261. The molecule has 1 aliphatic carbocycles. The van der Waals surface area contributed by atoms with Crippen LogP contribution in [0, 0.1) is 5.92 Å². The van der Waals surface area contributed by atoms with Crippen molar-refractivity contribution in [2.45, 2.75) is 45.1 Å². The van der Waals surface area contributed by atoms with Gasteiger partial charge in [-0.2, -0.15) is 0 Å². The molecular weight excluding hydrogens is 528 g/mol. The fraction of sp³-hybridized carbons (Fsp3) is 0.469. The summed E-state index contributed by atoms with van der Waals surface area (Å²) < 4.78 is 5.82. The molecular formula is C32H38N8O2. The van der Waals surface area contributed by atoms with E-state index in [2.05, 4.69) is 59.8 Å². The highest BCUT2D eigenvalue weighted by Crippen LogP contribution is 2.37. The van der Waals surface area contributed by atoms with Gasteiger partial charge >= 0.3 is 0 Å². The van der Waals surface area contributed by atoms with E-state index in [0.29, 0.717) is 24.0 Å². The number of pyridine rings is 1. The lowest BCUT2D eigenvalue weighted by atomic mass is 10.1. The number of carbonyl (C=O) groups excluding carboxylic acids is 1. The largest absolute Gasteiger partial charge is 0.491 e. The molecule has 3 aliphatic rings. The van der Waals surface area contributed by atoms with Crippen molar-refractivity contribution < 1.29 is 9.53 Å². The summed E-state index contributed by atoms with van der Waals surface area (Å²) in [5.41, 5.74) is 5.83. The third-order valence-corrected chi connectivity index (χ3v) is 8.97. The second kappa shape index (κ2) is 11.3. The van der Waals surface area contributed by atoms with E-state index in [1.807, 2.05) is 18.3 Å². The topological polar surface area (TPSA) is 103 Å². The van der Waals surface area contributed by atoms with Crippen molar-refractivity contribution in [3.8, 4) is 17.0 Å². The zero-order chi connectivity index (χ0) is 28.6. The standard InChI is InChI=1S/C32H38N8O2/c1-21(38-13-15-40(16-14-38)32(41)22-5-6-22)23-9-10-33-25(17-23)19-28-36-26-8-7-24(18-27(26)37-28)29-30(42-2)31(35-20-34-29)39-11-3-4-12-39/h7-10,17-18,20-22H,3-6,11-16,19H2,1-2H3,(H,36,37). The summed E-state index contributed by atoms with van der Waals surface area (Å²) in [6.45, 7) is 7.66. The van der Waals surface area contributed by atoms with Gasteiger partial charge < -0.3 is 19.5 Å². The predicted octanol–water partition coefficient (Wildman–Crippen LogP) is 4.23. The van der Waals surface area contributed by atoms with Gasteiger partial charge in [-0.25, -0.2) is 15.0 Å². The summed E-state index contributed by atoms with van der Waals surface area (Å²) >= 11 is 0. The van der Waals surface area contributed by atoms with Gasteiger partial charge in [-0.1, -0.05) is 6.07 Å². The van der Waals surface area contributed by atoms with Crippen LogP contribution in [0.1, 0.15) is 55.7 Å². The first-order valence-corrected chi connectivity index (χ1v) is 15.2. The summed E-state index contributed by atoms with van der Waals surface area (Å²) in [6, 6.07) is 10.7. The Morgan fingerprint density at radius 3 is 2.60 bits per heavy atom. The zero-order valence-electron chi connectivity index (χ0n) is 24.4. The maximum Gasteiger partial charge on any atom is 0.225 e. The van der Waals surface area contributed by atoms with Crippen LogP contribution in [0.25, 0.3) is 22.3 Å². The van der Waals surface area contributed by atoms with Gasteiger partial charge in [0.1, 0.15) is 17.8 Å². The Kier molecular flexibility index (Phi) is 7.23. The number of piperazine rings is 1. The van der Waals surface area contributed by atoms with Crippen LogP contribution in [0.15, 0.2) is 42.9 Å². The highest BCUT2D eigenvalue weighted by Gasteiger charge is 2.35. The first kappa shape index (κ1) is 26.8. The first-order valence-electron chi connectivity index (χ1n) is 15.2. The van der Waals surface area contributed by atoms with Crippen LogP contribution in [-0.2, 0) is 11.2 Å². The molecule has 42 heavy (non-hydrogen) atoms. The maximum atomic E-state index is 12.4. The summed E-state index contributed by atoms with van der Waals surface area (Å²) in [5.74, 6) is 3.10. The maximum absolute atomic E-state index is 12.4. The Balaban J connectivity index is 1.06. The van der Waals surface area contributed by atoms with Gasteiger partial charge in [0, 0.05) is 75.1 Å². The quantitative estimate of drug-likeness (QED) is 0.338. The molecule has 1 aromatic carbocycles. The van der Waals surface area contributed by atoms with Crippen LogP contribution in [0.4, 0.5) is 5.82 Å². The van der Waals surface area contributed by atoms with Crippen molar-refractivity contribution in [2.24, 2.45) is 5.92 Å². The number of benzene rings is 1. The lowest BCUT2D eigenvalue weighted by molar-refractivity contribution is -0.134. The molecule has 2 saturated heterocycles. The van der Waals surface area contributed by atoms with Crippen LogP contribution in [0.3, 0.4) is 0 Å². The van der Waals surface area contributed by atoms with Crippen molar-refractivity contribution in [3.05, 3.63) is 59.9 Å². The number of methoxy groups -OCH3 is 1. The summed E-state index contributed by atoms with van der Waals surface area (Å²) in [7, 11) is 1.69. The number of aromatic amines is 1. The van der Waals surface area contributed by atoms with Gasteiger partial charge in [0.05, 0.1) is 18.1 Å². The third kappa shape index (κ3) is 5.31. The summed E-state index contributed by atoms with van der Waals surface area (Å²) in [5, 5.41) is 0. The lowest BCUT2D eigenvalue weighted by Crippen LogP contribution is -2.49. The van der Waals surface area contributed by atoms with Crippen LogP contribution >= 0.6 is 0 Å². The molecule has 3 aromatic heterocycles. The van der Waals surface area contributed by atoms with Crippen molar-refractivity contribution >= 4 is 22.8 Å². The average Bonchev–Trinajstić information content (AvgIpc) is 3.58. The minimum Gasteiger partial charge on any atom is -0.491 e. The predicted molar refractivity (Wildman–Crippen MR) is 161 cm³/mol. The number of fused-ring (bicyclic) bond motifs is 1. The third-order valence-electron chi connectivity index (χ3n) is 8.97. The number of rotatable bonds is 8. The van der Waals surface area contributed by atoms with Gasteiger partial charge in [-0.05, 0) is 62.4 Å². The number of nitrogens with one attached hydrogen (secondary N) is 1. The number of anilines is 1. The average molecular weight is 567 g/mol. The van der Waals surface area contributed by atoms with E-state index in [4.69, 9.17) is 9.72 Å². The molecule has 5 heterocycles. The van der Waals surface area contributed by atoms with Gasteiger partial charge in [-0.15, -0.1) is 0 Å². The molecule has 1 atom stereocenters. The van der Waals surface area contributed by atoms with Crippen LogP contribution in [0.5, 0.6) is 5.75 Å². The number of hydrogen-bond donors (Lipinski definition) is 1. The first-order chi connectivity index (χ1) is 20.6. The second-order valence-corrected chi connectivity index (χ2v) is 11.8. The van der Waals surface area contributed by atoms with Gasteiger partial charge in [0.2, 0.25) is 5.91 Å². The number of aromatic nitrogens is 5. The van der Waals surface area contributed by atoms with Crippen LogP contribution in [-0.4, -0.2) is 87.0 Å². The minimum absolute atomic E-state index is 0.261. The van der Waals surface area contributed by atoms with E-state index in [-0.39, 0.29) is 6.04 Å². The molecule has 0 bridgehead atoms. The number of hydrogen-bond acceptors (Lipinski definition) is 8. The van der Waals surface area contributed by atoms with E-state index in [9.17, 15) is 4.79 Å². The van der Waals surface area contributed by atoms with Crippen molar-refractivity contribution in [3.63, 3.8) is 0 Å². The van der Waals surface area contributed by atoms with Gasteiger partial charge in [-0.3, -0.25) is 14.7 Å². The molecule has 1 N–H and O–H groups in total. The zero-order valence-corrected chi connectivity index (χ0v) is 24.4. The summed E-state index contributed by atoms with van der Waals surface area (Å²) in [6.07, 6.45) is 8.61. The van der Waals surface area contributed by atoms with Crippen molar-refractivity contribution in [2.75, 3.05) is 51.3 Å². The van der Waals surface area contributed by atoms with E-state index in [1.54, 1.807) is 13.4 Å². The van der Waals surface area contributed by atoms with Crippen LogP contribution < -0.4 is 9.64 Å². The smallest absolute Gasteiger partial charge is 0.225 e. The Morgan fingerprint density at radius 2 is 1.83 bits per heavy atom. The number of ether oxygens (including phenoxy) is 1. The monoisotopic (exact) mass is 566 g/mol. The van der Waals surface area contributed by atoms with Crippen LogP contribution in [0.2, 0.25) is 0 Å². The Bertz CT molecular complexity index is 1580. The molecule has 7 rings (SSSR count). The van der Waals surface area contributed by atoms with E-state index in [1.165, 1.54) is 18.4 Å². The highest BCUT2D eigenvalue weighted by molar-refractivity contribution is 5.84. The molecule has 218 valence electrons. The Morgan fingerprint density at radius 1 is 1.02 bits per heavy atom. The van der Waals surface area contributed by atoms with E-state index >= 15 is 0 Å². The molecule has 3 fully saturated rings. The fourth-order valence-electron chi connectivity index (χ4n) is 6.36. The van der Waals surface area contributed by atoms with Gasteiger partial charge in [0.25, 0.3) is 0 Å². The SMILES string of the molecule is COc1c(-c2ccc3nc(Cc4cc(C(C)N5CCN(C(=O)C6CC6)CC5)ccn4)[nH]c3c2)ncnc1N1CCCC1. The number of amides is 1. The second-order valence-electron chi connectivity index (χ2n) is 11.8. The molecule has 0 spiro atoms. The Labute approximate surface area is 246 Å². The normalized spacial score (nSPS) is 18.5. The molecule has 1 amide bonds. The number of imidazole rings is 1. The number of H-pyrrole nitrogens is 1. The summed E-state index contributed by atoms with van der Waals surface area (Å²) in [4.78, 5) is 41.4. The number of carbonyl (C=O) groups is 1. The molecule has 1 saturated carbocycles. The van der Waals surface area contributed by atoms with Crippen molar-refractivity contribution in [1.82, 2.24) is 34.7 Å². The fourth-order valence-corrected chi connectivity index (χ4v) is 6.36. The molecule has 1 unspecified atom stereocenters. The van der Waals surface area contributed by atoms with E-state index in [0.717, 1.165) is 91.7 Å². The molecule has 10 nitrogen and oxygen atoms in total. The van der Waals surface area contributed by atoms with Gasteiger partial charge in [0.15, 0.2) is 11.6 Å². The highest BCUT2D eigenvalue weighted by atomic mass is 16.5. The molecule has 0 radical (unpaired) electrons. The number of nitrogens with zero attached hydrogens (tertiary/aromatic N) is 7. The molecule has 10 heteroatoms. The molecule has 4 aromatic rings. The molecule has 2 aliphatic heterocycles.